The molecule has 1 N–H and O–H groups in total. The van der Waals surface area contributed by atoms with Crippen LogP contribution < -0.4 is 10.1 Å². The van der Waals surface area contributed by atoms with Gasteiger partial charge >= 0.3 is 0 Å². The summed E-state index contributed by atoms with van der Waals surface area (Å²) in [5.74, 6) is 5.28. The lowest BCUT2D eigenvalue weighted by atomic mass is 10.0. The summed E-state index contributed by atoms with van der Waals surface area (Å²) < 4.78 is 5.99. The zero-order valence-corrected chi connectivity index (χ0v) is 38.7. The van der Waals surface area contributed by atoms with Gasteiger partial charge in [0.1, 0.15) is 17.5 Å². The Labute approximate surface area is 405 Å². The van der Waals surface area contributed by atoms with Crippen molar-refractivity contribution < 1.29 is 28.7 Å². The highest BCUT2D eigenvalue weighted by molar-refractivity contribution is 6.24. The van der Waals surface area contributed by atoms with Crippen LogP contribution in [0.1, 0.15) is 91.3 Å². The Kier molecular flexibility index (Phi) is 13.6. The van der Waals surface area contributed by atoms with Gasteiger partial charge in [-0.3, -0.25) is 44.1 Å². The number of hydrogen-bond donors (Lipinski definition) is 1. The average molecular weight is 934 g/mol. The highest BCUT2D eigenvalue weighted by Gasteiger charge is 2.46. The maximum atomic E-state index is 13.6. The van der Waals surface area contributed by atoms with Gasteiger partial charge in [0.25, 0.3) is 17.7 Å². The molecule has 4 aliphatic heterocycles. The highest BCUT2D eigenvalue weighted by Crippen LogP contribution is 2.34. The van der Waals surface area contributed by atoms with Crippen LogP contribution in [0.2, 0.25) is 0 Å². The number of benzene rings is 3. The molecule has 0 spiro atoms. The average Bonchev–Trinajstić information content (AvgIpc) is 3.65. The molecule has 352 valence electrons. The fraction of sp³-hybridized carbons (Fsp3) is 0.291. The topological polar surface area (TPSA) is 171 Å². The smallest absolute Gasteiger partial charge is 0.266 e. The Morgan fingerprint density at radius 3 is 2.41 bits per heavy atom. The number of ether oxygens (including phenoxy) is 1. The van der Waals surface area contributed by atoms with Crippen molar-refractivity contribution in [3.8, 4) is 29.0 Å². The zero-order valence-electron chi connectivity index (χ0n) is 38.7. The Balaban J connectivity index is 0.622. The van der Waals surface area contributed by atoms with Gasteiger partial charge in [-0.15, -0.1) is 0 Å². The molecule has 2 saturated heterocycles. The number of nitrogens with zero attached hydrogens (tertiary/aromatic N) is 8. The maximum absolute atomic E-state index is 13.6. The summed E-state index contributed by atoms with van der Waals surface area (Å²) in [6.07, 6.45) is 13.2. The SMILES string of the molecule is O=C1CCC(N2C(=O)c3cccc(OCCCCCN4CCN(CC#Cc5ccc(/C=C/c6ccc(C(=O)N7CCc8cnc(-c9cnc%10ccccc%10c9)nc8C7)cc6)cn5)CC4)c3C2=O)C(=O)N1. The number of piperazine rings is 1. The third-order valence-electron chi connectivity index (χ3n) is 13.3. The third-order valence-corrected chi connectivity index (χ3v) is 13.3. The van der Waals surface area contributed by atoms with Crippen LogP contribution in [0.15, 0.2) is 104 Å². The summed E-state index contributed by atoms with van der Waals surface area (Å²) in [5, 5.41) is 3.25. The lowest BCUT2D eigenvalue weighted by molar-refractivity contribution is -0.136. The van der Waals surface area contributed by atoms with Gasteiger partial charge in [0.05, 0.1) is 42.0 Å². The lowest BCUT2D eigenvalue weighted by Gasteiger charge is -2.33. The molecule has 0 saturated carbocycles. The summed E-state index contributed by atoms with van der Waals surface area (Å²) in [6, 6.07) is 25.5. The molecular weight excluding hydrogens is 883 g/mol. The Hall–Kier alpha value is -7.93. The molecule has 1 unspecified atom stereocenters. The second-order valence-electron chi connectivity index (χ2n) is 17.9. The Morgan fingerprint density at radius 1 is 0.771 bits per heavy atom. The molecule has 15 heteroatoms. The number of imide groups is 2. The number of para-hydroxylation sites is 1. The number of pyridine rings is 2. The Morgan fingerprint density at radius 2 is 1.59 bits per heavy atom. The highest BCUT2D eigenvalue weighted by atomic mass is 16.5. The van der Waals surface area contributed by atoms with E-state index >= 15 is 0 Å². The van der Waals surface area contributed by atoms with Crippen molar-refractivity contribution in [2.75, 3.05) is 52.4 Å². The number of rotatable bonds is 13. The predicted molar refractivity (Wildman–Crippen MR) is 263 cm³/mol. The number of unbranched alkanes of at least 4 members (excludes halogenated alkanes) is 2. The number of aromatic nitrogens is 4. The number of amides is 5. The first-order valence-corrected chi connectivity index (χ1v) is 23.9. The van der Waals surface area contributed by atoms with E-state index < -0.39 is 29.7 Å². The van der Waals surface area contributed by atoms with Gasteiger partial charge < -0.3 is 14.5 Å². The van der Waals surface area contributed by atoms with Crippen molar-refractivity contribution in [2.24, 2.45) is 0 Å². The number of piperidine rings is 1. The second-order valence-corrected chi connectivity index (χ2v) is 17.9. The lowest BCUT2D eigenvalue weighted by Crippen LogP contribution is -2.54. The first kappa shape index (κ1) is 45.8. The third kappa shape index (κ3) is 10.2. The van der Waals surface area contributed by atoms with E-state index in [-0.39, 0.29) is 29.9 Å². The van der Waals surface area contributed by atoms with Crippen molar-refractivity contribution in [3.05, 3.63) is 148 Å². The van der Waals surface area contributed by atoms with Crippen LogP contribution in [0.4, 0.5) is 0 Å². The van der Waals surface area contributed by atoms with Crippen LogP contribution in [-0.4, -0.2) is 128 Å². The largest absolute Gasteiger partial charge is 0.493 e. The van der Waals surface area contributed by atoms with E-state index in [0.29, 0.717) is 49.8 Å². The minimum atomic E-state index is -1.01. The van der Waals surface area contributed by atoms with Crippen LogP contribution >= 0.6 is 0 Å². The number of hydrogen-bond acceptors (Lipinski definition) is 12. The van der Waals surface area contributed by atoms with E-state index in [9.17, 15) is 24.0 Å². The maximum Gasteiger partial charge on any atom is 0.266 e. The van der Waals surface area contributed by atoms with Crippen molar-refractivity contribution in [2.45, 2.75) is 51.1 Å². The molecular formula is C55H51N9O6. The van der Waals surface area contributed by atoms with Gasteiger partial charge in [0.2, 0.25) is 11.8 Å². The van der Waals surface area contributed by atoms with Crippen molar-refractivity contribution in [1.29, 1.82) is 0 Å². The summed E-state index contributed by atoms with van der Waals surface area (Å²) in [4.78, 5) is 90.3. The van der Waals surface area contributed by atoms with E-state index in [1.807, 2.05) is 96.2 Å². The van der Waals surface area contributed by atoms with Crippen molar-refractivity contribution in [1.82, 2.24) is 44.9 Å². The van der Waals surface area contributed by atoms with E-state index in [4.69, 9.17) is 9.72 Å². The van der Waals surface area contributed by atoms with Crippen molar-refractivity contribution in [3.63, 3.8) is 0 Å². The van der Waals surface area contributed by atoms with Crippen LogP contribution in [0.3, 0.4) is 0 Å². The quantitative estimate of drug-likeness (QED) is 0.0807. The van der Waals surface area contributed by atoms with E-state index in [0.717, 1.165) is 101 Å². The van der Waals surface area contributed by atoms with Crippen LogP contribution in [0, 0.1) is 11.8 Å². The molecule has 3 aromatic carbocycles. The number of carbonyl (C=O) groups is 5. The molecule has 0 bridgehead atoms. The van der Waals surface area contributed by atoms with Gasteiger partial charge in [-0.1, -0.05) is 60.5 Å². The Bertz CT molecular complexity index is 3080. The van der Waals surface area contributed by atoms with Gasteiger partial charge in [0, 0.05) is 74.2 Å². The minimum absolute atomic E-state index is 0.0238. The predicted octanol–water partition coefficient (Wildman–Crippen LogP) is 6.08. The fourth-order valence-corrected chi connectivity index (χ4v) is 9.31. The molecule has 2 fully saturated rings. The number of carbonyl (C=O) groups excluding carboxylic acids is 5. The fourth-order valence-electron chi connectivity index (χ4n) is 9.31. The number of nitrogens with one attached hydrogen (secondary N) is 1. The minimum Gasteiger partial charge on any atom is -0.493 e. The van der Waals surface area contributed by atoms with Crippen LogP contribution in [-0.2, 0) is 22.6 Å². The molecule has 1 atom stereocenters. The first-order chi connectivity index (χ1) is 34.2. The van der Waals surface area contributed by atoms with Crippen LogP contribution in [0.5, 0.6) is 5.75 Å². The van der Waals surface area contributed by atoms with E-state index in [1.54, 1.807) is 24.4 Å². The molecule has 5 amide bonds. The molecule has 7 heterocycles. The molecule has 3 aromatic heterocycles. The van der Waals surface area contributed by atoms with Gasteiger partial charge in [-0.2, -0.15) is 0 Å². The zero-order chi connectivity index (χ0) is 48.0. The first-order valence-electron chi connectivity index (χ1n) is 23.9. The van der Waals surface area contributed by atoms with Gasteiger partial charge in [-0.25, -0.2) is 15.0 Å². The summed E-state index contributed by atoms with van der Waals surface area (Å²) >= 11 is 0. The molecule has 70 heavy (non-hydrogen) atoms. The normalized spacial score (nSPS) is 17.3. The van der Waals surface area contributed by atoms with E-state index in [1.165, 1.54) is 0 Å². The molecule has 0 aliphatic carbocycles. The van der Waals surface area contributed by atoms with Crippen molar-refractivity contribution >= 4 is 52.6 Å². The van der Waals surface area contributed by atoms with Gasteiger partial charge in [-0.05, 0) is 104 Å². The summed E-state index contributed by atoms with van der Waals surface area (Å²) in [7, 11) is 0. The molecule has 4 aliphatic rings. The van der Waals surface area contributed by atoms with Gasteiger partial charge in [0.15, 0.2) is 5.82 Å². The molecule has 6 aromatic rings. The molecule has 10 rings (SSSR count). The molecule has 15 nitrogen and oxygen atoms in total. The monoisotopic (exact) mass is 933 g/mol. The second kappa shape index (κ2) is 20.7. The standard InChI is InChI=1S/C55H51N9O6/c65-49-22-21-47(52(66)60-49)64-54(68)44-10-6-12-48(50(44)55(64)69)70-31-5-1-4-24-61-27-29-62(30-28-61)25-7-9-43-20-17-38(33-56-43)14-13-37-15-18-39(19-16-37)53(67)63-26-23-41-34-58-51(59-46(41)36-63)42-32-40-8-2-3-11-45(40)57-35-42/h2-3,6,8,10-20,32-35,47H,1,4-5,21-31,36H2,(H,60,65,66)/b14-13+. The number of fused-ring (bicyclic) bond motifs is 3. The summed E-state index contributed by atoms with van der Waals surface area (Å²) in [5.41, 5.74) is 7.38. The van der Waals surface area contributed by atoms with Crippen LogP contribution in [0.25, 0.3) is 34.4 Å². The summed E-state index contributed by atoms with van der Waals surface area (Å²) in [6.45, 7) is 6.94. The molecule has 0 radical (unpaired) electrons. The van der Waals surface area contributed by atoms with E-state index in [2.05, 4.69) is 41.9 Å².